The molecule has 0 fully saturated rings. The van der Waals surface area contributed by atoms with Crippen molar-refractivity contribution in [3.8, 4) is 0 Å². The zero-order valence-corrected chi connectivity index (χ0v) is 11.5. The summed E-state index contributed by atoms with van der Waals surface area (Å²) >= 11 is 0. The zero-order chi connectivity index (χ0) is 14.3. The first-order valence-corrected chi connectivity index (χ1v) is 6.68. The maximum atomic E-state index is 12.1. The van der Waals surface area contributed by atoms with Gasteiger partial charge in [-0.15, -0.1) is 0 Å². The van der Waals surface area contributed by atoms with Gasteiger partial charge in [0, 0.05) is 28.9 Å². The van der Waals surface area contributed by atoms with E-state index >= 15 is 0 Å². The second kappa shape index (κ2) is 4.76. The summed E-state index contributed by atoms with van der Waals surface area (Å²) in [6.45, 7) is 3.78. The summed E-state index contributed by atoms with van der Waals surface area (Å²) in [6.07, 6.45) is 0. The number of hydrogen-bond donors (Lipinski definition) is 1. The van der Waals surface area contributed by atoms with E-state index in [1.807, 2.05) is 50.2 Å². The minimum atomic E-state index is -0.368. The van der Waals surface area contributed by atoms with Crippen LogP contribution in [-0.2, 0) is 0 Å². The molecule has 1 atom stereocenters. The molecule has 1 N–H and O–H groups in total. The minimum absolute atomic E-state index is 0.0665. The molecule has 0 amide bonds. The molecule has 3 aromatic rings. The topological polar surface area (TPSA) is 50.4 Å². The van der Waals surface area contributed by atoms with Gasteiger partial charge in [0.1, 0.15) is 5.58 Å². The molecule has 20 heavy (non-hydrogen) atoms. The zero-order valence-electron chi connectivity index (χ0n) is 11.5. The van der Waals surface area contributed by atoms with Crippen molar-refractivity contribution < 1.29 is 9.52 Å². The number of benzene rings is 2. The summed E-state index contributed by atoms with van der Waals surface area (Å²) < 4.78 is 5.52. The van der Waals surface area contributed by atoms with Gasteiger partial charge in [0.05, 0.1) is 0 Å². The third-order valence-corrected chi connectivity index (χ3v) is 3.81. The predicted octanol–water partition coefficient (Wildman–Crippen LogP) is 3.35. The van der Waals surface area contributed by atoms with Gasteiger partial charge >= 0.3 is 5.63 Å². The Kier molecular flexibility index (Phi) is 3.07. The number of aliphatic hydroxyl groups is 1. The highest BCUT2D eigenvalue weighted by molar-refractivity contribution is 6.05. The van der Waals surface area contributed by atoms with Crippen LogP contribution in [0.3, 0.4) is 0 Å². The van der Waals surface area contributed by atoms with E-state index in [1.165, 1.54) is 0 Å². The molecule has 1 heterocycles. The van der Waals surface area contributed by atoms with Crippen LogP contribution in [0.1, 0.15) is 24.0 Å². The van der Waals surface area contributed by atoms with E-state index < -0.39 is 0 Å². The number of rotatable bonds is 2. The minimum Gasteiger partial charge on any atom is -0.422 e. The van der Waals surface area contributed by atoms with Crippen LogP contribution in [0.5, 0.6) is 0 Å². The molecule has 3 nitrogen and oxygen atoms in total. The first kappa shape index (κ1) is 12.9. The predicted molar refractivity (Wildman–Crippen MR) is 80.2 cm³/mol. The smallest absolute Gasteiger partial charge is 0.339 e. The Morgan fingerprint density at radius 3 is 2.75 bits per heavy atom. The number of fused-ring (bicyclic) bond motifs is 3. The molecule has 0 aliphatic rings. The molecular weight excluding hydrogens is 252 g/mol. The normalized spacial score (nSPS) is 12.9. The highest BCUT2D eigenvalue weighted by Crippen LogP contribution is 2.28. The molecule has 0 aliphatic heterocycles. The van der Waals surface area contributed by atoms with Crippen LogP contribution in [0.15, 0.2) is 45.6 Å². The fraction of sp³-hybridized carbons (Fsp3) is 0.235. The first-order chi connectivity index (χ1) is 9.61. The monoisotopic (exact) mass is 268 g/mol. The Labute approximate surface area is 116 Å². The Morgan fingerprint density at radius 2 is 2.00 bits per heavy atom. The fourth-order valence-corrected chi connectivity index (χ4v) is 2.55. The Balaban J connectivity index is 2.40. The van der Waals surface area contributed by atoms with Crippen LogP contribution in [-0.4, -0.2) is 11.7 Å². The summed E-state index contributed by atoms with van der Waals surface area (Å²) in [6, 6.07) is 11.8. The van der Waals surface area contributed by atoms with Gasteiger partial charge in [0.25, 0.3) is 0 Å². The Morgan fingerprint density at radius 1 is 1.20 bits per heavy atom. The van der Waals surface area contributed by atoms with Crippen molar-refractivity contribution in [3.63, 3.8) is 0 Å². The van der Waals surface area contributed by atoms with Crippen molar-refractivity contribution in [1.29, 1.82) is 0 Å². The molecule has 0 radical (unpaired) electrons. The number of aryl methyl sites for hydroxylation is 1. The number of hydrogen-bond acceptors (Lipinski definition) is 3. The highest BCUT2D eigenvalue weighted by atomic mass is 16.4. The van der Waals surface area contributed by atoms with E-state index in [0.717, 1.165) is 21.7 Å². The molecule has 102 valence electrons. The van der Waals surface area contributed by atoms with E-state index in [-0.39, 0.29) is 18.2 Å². The standard InChI is InChI=1S/C17H16O3/c1-10-4-3-5-14-13(10)7-6-12-8-15(11(2)9-18)17(19)20-16(12)14/h3-8,11,18H,9H2,1-2H3. The van der Waals surface area contributed by atoms with Crippen LogP contribution >= 0.6 is 0 Å². The first-order valence-electron chi connectivity index (χ1n) is 6.68. The lowest BCUT2D eigenvalue weighted by Crippen LogP contribution is -2.12. The number of aliphatic hydroxyl groups excluding tert-OH is 1. The van der Waals surface area contributed by atoms with Gasteiger partial charge in [-0.25, -0.2) is 4.79 Å². The van der Waals surface area contributed by atoms with Gasteiger partial charge in [0.2, 0.25) is 0 Å². The molecule has 0 spiro atoms. The third-order valence-electron chi connectivity index (χ3n) is 3.81. The van der Waals surface area contributed by atoms with Crippen molar-refractivity contribution in [2.75, 3.05) is 6.61 Å². The van der Waals surface area contributed by atoms with E-state index in [9.17, 15) is 9.90 Å². The van der Waals surface area contributed by atoms with Crippen molar-refractivity contribution in [2.45, 2.75) is 19.8 Å². The van der Waals surface area contributed by atoms with E-state index in [2.05, 4.69) is 0 Å². The molecule has 3 heteroatoms. The molecule has 0 saturated heterocycles. The van der Waals surface area contributed by atoms with Gasteiger partial charge in [0.15, 0.2) is 0 Å². The molecule has 3 rings (SSSR count). The van der Waals surface area contributed by atoms with Gasteiger partial charge in [-0.2, -0.15) is 0 Å². The van der Waals surface area contributed by atoms with Crippen molar-refractivity contribution in [1.82, 2.24) is 0 Å². The SMILES string of the molecule is Cc1cccc2c1ccc1cc(C(C)CO)c(=O)oc12. The molecule has 1 aromatic heterocycles. The lowest BCUT2D eigenvalue weighted by atomic mass is 9.99. The Bertz CT molecular complexity index is 846. The van der Waals surface area contributed by atoms with Crippen LogP contribution in [0.4, 0.5) is 0 Å². The summed E-state index contributed by atoms with van der Waals surface area (Å²) in [4.78, 5) is 12.1. The summed E-state index contributed by atoms with van der Waals surface area (Å²) in [5.74, 6) is -0.219. The third kappa shape index (κ3) is 1.91. The van der Waals surface area contributed by atoms with Gasteiger partial charge < -0.3 is 9.52 Å². The Hall–Kier alpha value is -2.13. The van der Waals surface area contributed by atoms with Crippen LogP contribution in [0.2, 0.25) is 0 Å². The quantitative estimate of drug-likeness (QED) is 0.573. The summed E-state index contributed by atoms with van der Waals surface area (Å²) in [7, 11) is 0. The lowest BCUT2D eigenvalue weighted by Gasteiger charge is -2.09. The second-order valence-electron chi connectivity index (χ2n) is 5.23. The summed E-state index contributed by atoms with van der Waals surface area (Å²) in [5.41, 5.74) is 1.92. The molecule has 0 saturated carbocycles. The van der Waals surface area contributed by atoms with E-state index in [4.69, 9.17) is 4.42 Å². The molecule has 0 aliphatic carbocycles. The largest absolute Gasteiger partial charge is 0.422 e. The molecule has 2 aromatic carbocycles. The summed E-state index contributed by atoms with van der Waals surface area (Å²) in [5, 5.41) is 12.1. The molecular formula is C17H16O3. The molecule has 0 bridgehead atoms. The molecule has 1 unspecified atom stereocenters. The lowest BCUT2D eigenvalue weighted by molar-refractivity contribution is 0.270. The van der Waals surface area contributed by atoms with E-state index in [1.54, 1.807) is 0 Å². The van der Waals surface area contributed by atoms with Crippen molar-refractivity contribution in [3.05, 3.63) is 57.9 Å². The van der Waals surface area contributed by atoms with Gasteiger partial charge in [-0.3, -0.25) is 0 Å². The van der Waals surface area contributed by atoms with Crippen molar-refractivity contribution in [2.24, 2.45) is 0 Å². The average Bonchev–Trinajstić information content (AvgIpc) is 2.46. The van der Waals surface area contributed by atoms with Crippen LogP contribution in [0, 0.1) is 6.92 Å². The van der Waals surface area contributed by atoms with E-state index in [0.29, 0.717) is 11.1 Å². The van der Waals surface area contributed by atoms with Gasteiger partial charge in [-0.05, 0) is 23.9 Å². The van der Waals surface area contributed by atoms with Gasteiger partial charge in [-0.1, -0.05) is 37.3 Å². The fourth-order valence-electron chi connectivity index (χ4n) is 2.55. The maximum absolute atomic E-state index is 12.1. The van der Waals surface area contributed by atoms with Crippen LogP contribution < -0.4 is 5.63 Å². The van der Waals surface area contributed by atoms with Crippen LogP contribution in [0.25, 0.3) is 21.7 Å². The second-order valence-corrected chi connectivity index (χ2v) is 5.23. The average molecular weight is 268 g/mol. The van der Waals surface area contributed by atoms with Crippen molar-refractivity contribution >= 4 is 21.7 Å². The highest BCUT2D eigenvalue weighted by Gasteiger charge is 2.13. The maximum Gasteiger partial charge on any atom is 0.339 e.